The van der Waals surface area contributed by atoms with Crippen LogP contribution < -0.4 is 5.32 Å². The molecule has 0 amide bonds. The van der Waals surface area contributed by atoms with E-state index >= 15 is 0 Å². The Morgan fingerprint density at radius 3 is 2.24 bits per heavy atom. The van der Waals surface area contributed by atoms with Crippen molar-refractivity contribution in [3.63, 3.8) is 0 Å². The summed E-state index contributed by atoms with van der Waals surface area (Å²) in [6.07, 6.45) is 0. The van der Waals surface area contributed by atoms with Crippen LogP contribution in [0.25, 0.3) is 0 Å². The molecule has 0 atom stereocenters. The summed E-state index contributed by atoms with van der Waals surface area (Å²) in [6.45, 7) is 1.36. The van der Waals surface area contributed by atoms with E-state index in [4.69, 9.17) is 11.6 Å². The third-order valence-corrected chi connectivity index (χ3v) is 2.67. The number of rotatable bonds is 4. The summed E-state index contributed by atoms with van der Waals surface area (Å²) in [5.41, 5.74) is 2.06. The summed E-state index contributed by atoms with van der Waals surface area (Å²) in [5.74, 6) is -0.202. The van der Waals surface area contributed by atoms with Crippen LogP contribution in [0.5, 0.6) is 0 Å². The Kier molecular flexibility index (Phi) is 4.13. The van der Waals surface area contributed by atoms with Crippen molar-refractivity contribution in [2.45, 2.75) is 13.1 Å². The van der Waals surface area contributed by atoms with E-state index in [0.29, 0.717) is 6.54 Å². The third-order valence-electron chi connectivity index (χ3n) is 2.44. The molecule has 3 heteroatoms. The topological polar surface area (TPSA) is 12.0 Å². The normalized spacial score (nSPS) is 10.5. The molecule has 2 aromatic carbocycles. The van der Waals surface area contributed by atoms with Gasteiger partial charge in [-0.05, 0) is 35.4 Å². The molecule has 2 aromatic rings. The van der Waals surface area contributed by atoms with Crippen molar-refractivity contribution < 1.29 is 4.39 Å². The van der Waals surface area contributed by atoms with E-state index in [0.717, 1.165) is 22.7 Å². The first-order valence-corrected chi connectivity index (χ1v) is 5.81. The van der Waals surface area contributed by atoms with Gasteiger partial charge in [0.15, 0.2) is 0 Å². The minimum atomic E-state index is -0.202. The van der Waals surface area contributed by atoms with Gasteiger partial charge in [-0.3, -0.25) is 0 Å². The quantitative estimate of drug-likeness (QED) is 0.870. The van der Waals surface area contributed by atoms with Gasteiger partial charge in [-0.25, -0.2) is 4.39 Å². The highest BCUT2D eigenvalue weighted by atomic mass is 35.5. The van der Waals surface area contributed by atoms with Crippen LogP contribution in [0, 0.1) is 5.82 Å². The van der Waals surface area contributed by atoms with Gasteiger partial charge in [0.1, 0.15) is 5.82 Å². The molecule has 1 nitrogen and oxygen atoms in total. The number of nitrogens with one attached hydrogen (secondary N) is 1. The first-order valence-electron chi connectivity index (χ1n) is 5.43. The lowest BCUT2D eigenvalue weighted by atomic mass is 10.2. The van der Waals surface area contributed by atoms with Crippen LogP contribution in [0.15, 0.2) is 48.5 Å². The summed E-state index contributed by atoms with van der Waals surface area (Å²) in [4.78, 5) is 0. The molecule has 0 heterocycles. The van der Waals surface area contributed by atoms with Crippen molar-refractivity contribution in [3.8, 4) is 0 Å². The van der Waals surface area contributed by atoms with Crippen molar-refractivity contribution in [3.05, 3.63) is 70.5 Å². The zero-order chi connectivity index (χ0) is 12.1. The van der Waals surface area contributed by atoms with Crippen molar-refractivity contribution in [1.29, 1.82) is 0 Å². The molecular weight excluding hydrogens is 237 g/mol. The van der Waals surface area contributed by atoms with Crippen LogP contribution in [0.2, 0.25) is 5.02 Å². The maximum absolute atomic E-state index is 12.9. The second kappa shape index (κ2) is 5.80. The Hall–Kier alpha value is -1.38. The van der Waals surface area contributed by atoms with E-state index in [1.165, 1.54) is 12.1 Å². The van der Waals surface area contributed by atoms with E-state index in [-0.39, 0.29) is 5.82 Å². The Labute approximate surface area is 105 Å². The maximum Gasteiger partial charge on any atom is 0.123 e. The van der Waals surface area contributed by atoms with Crippen LogP contribution in [-0.2, 0) is 13.1 Å². The monoisotopic (exact) mass is 249 g/mol. The van der Waals surface area contributed by atoms with E-state index in [2.05, 4.69) is 5.32 Å². The SMILES string of the molecule is Fc1cccc(CNCc2cccc(Cl)c2)c1. The molecule has 0 fully saturated rings. The molecule has 0 spiro atoms. The summed E-state index contributed by atoms with van der Waals surface area (Å²) in [5, 5.41) is 3.98. The second-order valence-electron chi connectivity index (χ2n) is 3.86. The molecule has 1 N–H and O–H groups in total. The van der Waals surface area contributed by atoms with Crippen LogP contribution in [-0.4, -0.2) is 0 Å². The van der Waals surface area contributed by atoms with Gasteiger partial charge in [-0.2, -0.15) is 0 Å². The molecule has 0 aromatic heterocycles. The largest absolute Gasteiger partial charge is 0.309 e. The lowest BCUT2D eigenvalue weighted by Gasteiger charge is -2.05. The number of halogens is 2. The smallest absolute Gasteiger partial charge is 0.123 e. The molecule has 0 aliphatic rings. The predicted molar refractivity (Wildman–Crippen MR) is 68.4 cm³/mol. The Morgan fingerprint density at radius 1 is 0.941 bits per heavy atom. The summed E-state index contributed by atoms with van der Waals surface area (Å²) in [7, 11) is 0. The highest BCUT2D eigenvalue weighted by Gasteiger charge is 1.96. The van der Waals surface area contributed by atoms with E-state index in [9.17, 15) is 4.39 Å². The molecule has 0 saturated carbocycles. The average Bonchev–Trinajstić information content (AvgIpc) is 2.29. The fourth-order valence-corrected chi connectivity index (χ4v) is 1.86. The molecular formula is C14H13ClFN. The lowest BCUT2D eigenvalue weighted by molar-refractivity contribution is 0.620. The fraction of sp³-hybridized carbons (Fsp3) is 0.143. The lowest BCUT2D eigenvalue weighted by Crippen LogP contribution is -2.12. The highest BCUT2D eigenvalue weighted by Crippen LogP contribution is 2.10. The van der Waals surface area contributed by atoms with Gasteiger partial charge in [-0.1, -0.05) is 35.9 Å². The van der Waals surface area contributed by atoms with Crippen LogP contribution in [0.3, 0.4) is 0 Å². The Morgan fingerprint density at radius 2 is 1.59 bits per heavy atom. The molecule has 0 aliphatic heterocycles. The first kappa shape index (κ1) is 12.1. The minimum absolute atomic E-state index is 0.202. The molecule has 0 aliphatic carbocycles. The summed E-state index contributed by atoms with van der Waals surface area (Å²) < 4.78 is 12.9. The van der Waals surface area contributed by atoms with Gasteiger partial charge in [-0.15, -0.1) is 0 Å². The highest BCUT2D eigenvalue weighted by molar-refractivity contribution is 6.30. The van der Waals surface area contributed by atoms with Gasteiger partial charge in [0, 0.05) is 18.1 Å². The van der Waals surface area contributed by atoms with Crippen molar-refractivity contribution >= 4 is 11.6 Å². The molecule has 0 saturated heterocycles. The maximum atomic E-state index is 12.9. The van der Waals surface area contributed by atoms with Gasteiger partial charge >= 0.3 is 0 Å². The average molecular weight is 250 g/mol. The molecule has 88 valence electrons. The predicted octanol–water partition coefficient (Wildman–Crippen LogP) is 3.77. The molecule has 17 heavy (non-hydrogen) atoms. The standard InChI is InChI=1S/C14H13ClFN/c15-13-5-1-3-11(7-13)9-17-10-12-4-2-6-14(16)8-12/h1-8,17H,9-10H2. The summed E-state index contributed by atoms with van der Waals surface area (Å²) in [6, 6.07) is 14.3. The van der Waals surface area contributed by atoms with Crippen LogP contribution in [0.1, 0.15) is 11.1 Å². The van der Waals surface area contributed by atoms with Crippen molar-refractivity contribution in [2.75, 3.05) is 0 Å². The van der Waals surface area contributed by atoms with Gasteiger partial charge in [0.25, 0.3) is 0 Å². The number of hydrogen-bond acceptors (Lipinski definition) is 1. The zero-order valence-corrected chi connectivity index (χ0v) is 10.0. The van der Waals surface area contributed by atoms with Gasteiger partial charge in [0.05, 0.1) is 0 Å². The van der Waals surface area contributed by atoms with Crippen LogP contribution in [0.4, 0.5) is 4.39 Å². The molecule has 0 unspecified atom stereocenters. The first-order chi connectivity index (χ1) is 8.24. The summed E-state index contributed by atoms with van der Waals surface area (Å²) >= 11 is 5.88. The van der Waals surface area contributed by atoms with Crippen LogP contribution >= 0.6 is 11.6 Å². The van der Waals surface area contributed by atoms with Crippen molar-refractivity contribution in [2.24, 2.45) is 0 Å². The molecule has 0 radical (unpaired) electrons. The van der Waals surface area contributed by atoms with E-state index in [1.54, 1.807) is 6.07 Å². The number of hydrogen-bond donors (Lipinski definition) is 1. The fourth-order valence-electron chi connectivity index (χ4n) is 1.65. The Balaban J connectivity index is 1.87. The van der Waals surface area contributed by atoms with Crippen molar-refractivity contribution in [1.82, 2.24) is 5.32 Å². The van der Waals surface area contributed by atoms with E-state index < -0.39 is 0 Å². The van der Waals surface area contributed by atoms with Gasteiger partial charge < -0.3 is 5.32 Å². The van der Waals surface area contributed by atoms with E-state index in [1.807, 2.05) is 30.3 Å². The minimum Gasteiger partial charge on any atom is -0.309 e. The Bertz CT molecular complexity index is 454. The number of benzene rings is 2. The van der Waals surface area contributed by atoms with Gasteiger partial charge in [0.2, 0.25) is 0 Å². The molecule has 2 rings (SSSR count). The zero-order valence-electron chi connectivity index (χ0n) is 9.29. The molecule has 0 bridgehead atoms. The second-order valence-corrected chi connectivity index (χ2v) is 4.30. The third kappa shape index (κ3) is 3.84.